The molecule has 1 heterocycles. The van der Waals surface area contributed by atoms with Crippen LogP contribution in [0, 0.1) is 0 Å². The molecule has 3 nitrogen and oxygen atoms in total. The summed E-state index contributed by atoms with van der Waals surface area (Å²) in [5.41, 5.74) is 1.06. The Morgan fingerprint density at radius 1 is 1.42 bits per heavy atom. The number of nitrogens with zero attached hydrogens (tertiary/aromatic N) is 1. The normalized spacial score (nSPS) is 13.7. The van der Waals surface area contributed by atoms with Crippen molar-refractivity contribution in [1.29, 1.82) is 0 Å². The Balaban J connectivity index is 2.40. The van der Waals surface area contributed by atoms with Crippen molar-refractivity contribution in [2.45, 2.75) is 39.0 Å². The van der Waals surface area contributed by atoms with Crippen LogP contribution in [0.15, 0.2) is 18.3 Å². The zero-order chi connectivity index (χ0) is 14.3. The molecule has 1 unspecified atom stereocenters. The number of aromatic nitrogens is 1. The number of rotatable bonds is 8. The van der Waals surface area contributed by atoms with Gasteiger partial charge in [-0.3, -0.25) is 0 Å². The van der Waals surface area contributed by atoms with E-state index < -0.39 is 12.8 Å². The van der Waals surface area contributed by atoms with Crippen molar-refractivity contribution in [3.05, 3.63) is 24.0 Å². The monoisotopic (exact) mass is 278 g/mol. The van der Waals surface area contributed by atoms with Crippen LogP contribution in [0.2, 0.25) is 0 Å². The van der Waals surface area contributed by atoms with Crippen LogP contribution in [0.3, 0.4) is 0 Å². The molecule has 1 aromatic rings. The molecule has 0 aliphatic heterocycles. The van der Waals surface area contributed by atoms with Crippen LogP contribution < -0.4 is 5.32 Å². The molecular weight excluding hydrogens is 257 g/mol. The smallest absolute Gasteiger partial charge is 0.370 e. The fourth-order valence-corrected chi connectivity index (χ4v) is 1.84. The van der Waals surface area contributed by atoms with Crippen LogP contribution >= 0.6 is 0 Å². The summed E-state index contributed by atoms with van der Waals surface area (Å²) in [7, 11) is 0. The molecule has 19 heavy (non-hydrogen) atoms. The number of halogens is 3. The summed E-state index contributed by atoms with van der Waals surface area (Å²) in [6, 6.07) is 4.04. The number of hydrogen-bond acceptors (Lipinski definition) is 2. The van der Waals surface area contributed by atoms with Gasteiger partial charge < -0.3 is 14.6 Å². The lowest BCUT2D eigenvalue weighted by atomic mass is 10.2. The van der Waals surface area contributed by atoms with E-state index in [0.717, 1.165) is 18.7 Å². The van der Waals surface area contributed by atoms with Gasteiger partial charge in [-0.1, -0.05) is 6.92 Å². The van der Waals surface area contributed by atoms with Gasteiger partial charge in [0.1, 0.15) is 6.61 Å². The average molecular weight is 278 g/mol. The van der Waals surface area contributed by atoms with Crippen LogP contribution in [0.1, 0.15) is 32.0 Å². The minimum Gasteiger partial charge on any atom is -0.370 e. The van der Waals surface area contributed by atoms with Crippen molar-refractivity contribution in [2.75, 3.05) is 19.8 Å². The van der Waals surface area contributed by atoms with Crippen LogP contribution in [-0.4, -0.2) is 30.5 Å². The van der Waals surface area contributed by atoms with Gasteiger partial charge in [0.15, 0.2) is 0 Å². The molecule has 0 spiro atoms. The van der Waals surface area contributed by atoms with E-state index in [4.69, 9.17) is 0 Å². The van der Waals surface area contributed by atoms with Crippen molar-refractivity contribution in [3.63, 3.8) is 0 Å². The highest BCUT2D eigenvalue weighted by Crippen LogP contribution is 2.15. The molecular formula is C13H21F3N2O. The second-order valence-electron chi connectivity index (χ2n) is 4.47. The summed E-state index contributed by atoms with van der Waals surface area (Å²) in [6.07, 6.45) is -1.36. The van der Waals surface area contributed by atoms with Crippen LogP contribution in [-0.2, 0) is 11.3 Å². The molecule has 0 radical (unpaired) electrons. The second kappa shape index (κ2) is 7.55. The molecule has 1 atom stereocenters. The van der Waals surface area contributed by atoms with E-state index in [2.05, 4.69) is 17.0 Å². The lowest BCUT2D eigenvalue weighted by Crippen LogP contribution is -2.23. The Labute approximate surface area is 111 Å². The zero-order valence-corrected chi connectivity index (χ0v) is 11.3. The van der Waals surface area contributed by atoms with Crippen molar-refractivity contribution >= 4 is 0 Å². The fraction of sp³-hybridized carbons (Fsp3) is 0.692. The first-order valence-corrected chi connectivity index (χ1v) is 6.47. The zero-order valence-electron chi connectivity index (χ0n) is 11.3. The maximum absolute atomic E-state index is 11.9. The lowest BCUT2D eigenvalue weighted by Gasteiger charge is -2.17. The van der Waals surface area contributed by atoms with Gasteiger partial charge in [-0.05, 0) is 32.0 Å². The summed E-state index contributed by atoms with van der Waals surface area (Å²) in [6.45, 7) is 4.34. The quantitative estimate of drug-likeness (QED) is 0.739. The summed E-state index contributed by atoms with van der Waals surface area (Å²) < 4.78 is 42.3. The third kappa shape index (κ3) is 6.11. The molecule has 0 aliphatic carbocycles. The van der Waals surface area contributed by atoms with Crippen LogP contribution in [0.25, 0.3) is 0 Å². The Hall–Kier alpha value is -1.01. The van der Waals surface area contributed by atoms with E-state index in [9.17, 15) is 13.2 Å². The fourth-order valence-electron chi connectivity index (χ4n) is 1.84. The van der Waals surface area contributed by atoms with Crippen molar-refractivity contribution < 1.29 is 17.9 Å². The first-order valence-electron chi connectivity index (χ1n) is 6.47. The highest BCUT2D eigenvalue weighted by molar-refractivity contribution is 5.11. The third-order valence-corrected chi connectivity index (χ3v) is 2.75. The van der Waals surface area contributed by atoms with Crippen molar-refractivity contribution in [3.8, 4) is 0 Å². The van der Waals surface area contributed by atoms with Crippen molar-refractivity contribution in [2.24, 2.45) is 0 Å². The molecule has 0 aliphatic rings. The van der Waals surface area contributed by atoms with E-state index in [0.29, 0.717) is 6.54 Å². The minimum atomic E-state index is -4.25. The molecule has 0 bridgehead atoms. The highest BCUT2D eigenvalue weighted by atomic mass is 19.4. The number of alkyl halides is 3. The van der Waals surface area contributed by atoms with Crippen LogP contribution in [0.5, 0.6) is 0 Å². The Morgan fingerprint density at radius 3 is 2.79 bits per heavy atom. The Bertz CT molecular complexity index is 363. The summed E-state index contributed by atoms with van der Waals surface area (Å²) >= 11 is 0. The van der Waals surface area contributed by atoms with Crippen LogP contribution in [0.4, 0.5) is 13.2 Å². The van der Waals surface area contributed by atoms with Gasteiger partial charge in [0.25, 0.3) is 0 Å². The maximum Gasteiger partial charge on any atom is 0.411 e. The number of ether oxygens (including phenoxy) is 1. The molecule has 1 rings (SSSR count). The van der Waals surface area contributed by atoms with Gasteiger partial charge in [-0.15, -0.1) is 0 Å². The van der Waals surface area contributed by atoms with Crippen molar-refractivity contribution in [1.82, 2.24) is 9.88 Å². The third-order valence-electron chi connectivity index (χ3n) is 2.75. The van der Waals surface area contributed by atoms with E-state index in [1.54, 1.807) is 0 Å². The molecule has 0 fully saturated rings. The summed E-state index contributed by atoms with van der Waals surface area (Å²) in [4.78, 5) is 0. The number of hydrogen-bond donors (Lipinski definition) is 1. The first-order chi connectivity index (χ1) is 8.94. The average Bonchev–Trinajstić information content (AvgIpc) is 2.79. The predicted molar refractivity (Wildman–Crippen MR) is 68.0 cm³/mol. The van der Waals surface area contributed by atoms with E-state index >= 15 is 0 Å². The molecule has 0 aromatic carbocycles. The van der Waals surface area contributed by atoms with E-state index in [-0.39, 0.29) is 12.6 Å². The molecule has 6 heteroatoms. The highest BCUT2D eigenvalue weighted by Gasteiger charge is 2.27. The molecule has 0 amide bonds. The first kappa shape index (κ1) is 16.0. The lowest BCUT2D eigenvalue weighted by molar-refractivity contribution is -0.174. The topological polar surface area (TPSA) is 26.2 Å². The van der Waals surface area contributed by atoms with E-state index in [1.165, 1.54) is 0 Å². The second-order valence-corrected chi connectivity index (χ2v) is 4.47. The SMILES string of the molecule is CCCNC(C)c1cccn1CCOCC(F)(F)F. The van der Waals surface area contributed by atoms with Gasteiger partial charge >= 0.3 is 6.18 Å². The standard InChI is InChI=1S/C13H21F3N2O/c1-3-6-17-11(2)12-5-4-7-18(12)8-9-19-10-13(14,15)16/h4-5,7,11,17H,3,6,8-10H2,1-2H3. The van der Waals surface area contributed by atoms with Gasteiger partial charge in [0, 0.05) is 24.5 Å². The van der Waals surface area contributed by atoms with Gasteiger partial charge in [0.05, 0.1) is 6.61 Å². The largest absolute Gasteiger partial charge is 0.411 e. The molecule has 0 saturated heterocycles. The van der Waals surface area contributed by atoms with E-state index in [1.807, 2.05) is 29.8 Å². The minimum absolute atomic E-state index is 0.0572. The van der Waals surface area contributed by atoms with Gasteiger partial charge in [-0.25, -0.2) is 0 Å². The molecule has 110 valence electrons. The summed E-state index contributed by atoms with van der Waals surface area (Å²) in [5.74, 6) is 0. The maximum atomic E-state index is 11.9. The summed E-state index contributed by atoms with van der Waals surface area (Å²) in [5, 5.41) is 3.35. The predicted octanol–water partition coefficient (Wildman–Crippen LogP) is 3.13. The molecule has 1 aromatic heterocycles. The Morgan fingerprint density at radius 2 is 2.16 bits per heavy atom. The Kier molecular flexibility index (Phi) is 6.37. The molecule has 1 N–H and O–H groups in total. The number of nitrogens with one attached hydrogen (secondary N) is 1. The van der Waals surface area contributed by atoms with Gasteiger partial charge in [-0.2, -0.15) is 13.2 Å². The van der Waals surface area contributed by atoms with Gasteiger partial charge in [0.2, 0.25) is 0 Å². The molecule has 0 saturated carbocycles.